The summed E-state index contributed by atoms with van der Waals surface area (Å²) in [7, 11) is 0. The number of hydrogen-bond acceptors (Lipinski definition) is 4. The van der Waals surface area contributed by atoms with Gasteiger partial charge >= 0.3 is 0 Å². The maximum Gasteiger partial charge on any atom is 0.0820 e. The number of halogens is 1. The summed E-state index contributed by atoms with van der Waals surface area (Å²) in [5, 5.41) is 13.5. The van der Waals surface area contributed by atoms with E-state index in [4.69, 9.17) is 0 Å². The molecule has 1 rings (SSSR count). The molecule has 0 saturated carbocycles. The fraction of sp³-hybridized carbons (Fsp3) is 0.333. The lowest BCUT2D eigenvalue weighted by molar-refractivity contribution is 0.742. The number of nitrogens with zero attached hydrogens (tertiary/aromatic N) is 4. The first-order valence-corrected chi connectivity index (χ1v) is 1.87. The molecule has 1 heterocycles. The molecular weight excluding hydrogens is 128 g/mol. The molecule has 4 nitrogen and oxygen atoms in total. The number of rotatable bonds is 0. The zero-order chi connectivity index (χ0) is 5.11. The van der Waals surface area contributed by atoms with Crippen LogP contribution >= 0.6 is 12.4 Å². The predicted octanol–water partition coefficient (Wildman–Crippen LogP) is -0.00318. The van der Waals surface area contributed by atoms with Crippen molar-refractivity contribution in [3.63, 3.8) is 0 Å². The highest BCUT2D eigenvalue weighted by Crippen LogP contribution is 1.75. The SMILES string of the molecule is Cc1cnnnn1.Cl. The van der Waals surface area contributed by atoms with Crippen LogP contribution in [0.25, 0.3) is 0 Å². The van der Waals surface area contributed by atoms with Gasteiger partial charge in [0.15, 0.2) is 0 Å². The van der Waals surface area contributed by atoms with Crippen LogP contribution in [0.2, 0.25) is 0 Å². The summed E-state index contributed by atoms with van der Waals surface area (Å²) < 4.78 is 0. The number of aryl methyl sites for hydroxylation is 1. The zero-order valence-corrected chi connectivity index (χ0v) is 5.09. The van der Waals surface area contributed by atoms with Gasteiger partial charge in [-0.3, -0.25) is 0 Å². The van der Waals surface area contributed by atoms with Gasteiger partial charge in [0.1, 0.15) is 0 Å². The molecule has 0 atom stereocenters. The highest BCUT2D eigenvalue weighted by Gasteiger charge is 1.77. The average molecular weight is 133 g/mol. The quantitative estimate of drug-likeness (QED) is 0.499. The highest BCUT2D eigenvalue weighted by atomic mass is 35.5. The van der Waals surface area contributed by atoms with E-state index in [1.807, 2.05) is 6.92 Å². The van der Waals surface area contributed by atoms with Gasteiger partial charge < -0.3 is 0 Å². The first-order valence-electron chi connectivity index (χ1n) is 1.87. The van der Waals surface area contributed by atoms with Crippen LogP contribution in [0.15, 0.2) is 6.20 Å². The monoisotopic (exact) mass is 132 g/mol. The third-order valence-corrected chi connectivity index (χ3v) is 0.539. The Balaban J connectivity index is 0.000000490. The first-order chi connectivity index (χ1) is 3.39. The minimum Gasteiger partial charge on any atom is -0.147 e. The molecular formula is C3H5ClN4. The second-order valence-electron chi connectivity index (χ2n) is 1.16. The van der Waals surface area contributed by atoms with Gasteiger partial charge in [-0.2, -0.15) is 0 Å². The summed E-state index contributed by atoms with van der Waals surface area (Å²) >= 11 is 0. The van der Waals surface area contributed by atoms with E-state index >= 15 is 0 Å². The van der Waals surface area contributed by atoms with Crippen LogP contribution in [0, 0.1) is 6.92 Å². The smallest absolute Gasteiger partial charge is 0.0820 e. The molecule has 5 heteroatoms. The molecule has 1 aromatic rings. The largest absolute Gasteiger partial charge is 0.147 e. The van der Waals surface area contributed by atoms with Crippen molar-refractivity contribution in [2.45, 2.75) is 6.92 Å². The van der Waals surface area contributed by atoms with Crippen molar-refractivity contribution in [2.75, 3.05) is 0 Å². The zero-order valence-electron chi connectivity index (χ0n) is 4.27. The summed E-state index contributed by atoms with van der Waals surface area (Å²) in [6.07, 6.45) is 1.55. The summed E-state index contributed by atoms with van der Waals surface area (Å²) in [4.78, 5) is 0. The molecule has 0 spiro atoms. The normalized spacial score (nSPS) is 7.62. The van der Waals surface area contributed by atoms with E-state index in [2.05, 4.69) is 20.6 Å². The summed E-state index contributed by atoms with van der Waals surface area (Å²) in [6, 6.07) is 0. The second kappa shape index (κ2) is 3.26. The topological polar surface area (TPSA) is 51.6 Å². The van der Waals surface area contributed by atoms with Gasteiger partial charge in [-0.15, -0.1) is 22.6 Å². The molecule has 0 bridgehead atoms. The van der Waals surface area contributed by atoms with E-state index in [-0.39, 0.29) is 12.4 Å². The third kappa shape index (κ3) is 1.79. The predicted molar refractivity (Wildman–Crippen MR) is 29.6 cm³/mol. The van der Waals surface area contributed by atoms with Crippen LogP contribution in [0.3, 0.4) is 0 Å². The van der Waals surface area contributed by atoms with Crippen LogP contribution in [0.4, 0.5) is 0 Å². The van der Waals surface area contributed by atoms with E-state index in [0.29, 0.717) is 0 Å². The lowest BCUT2D eigenvalue weighted by atomic mass is 10.6. The summed E-state index contributed by atoms with van der Waals surface area (Å²) in [5.41, 5.74) is 0.787. The van der Waals surface area contributed by atoms with E-state index in [0.717, 1.165) is 5.69 Å². The highest BCUT2D eigenvalue weighted by molar-refractivity contribution is 5.85. The molecule has 8 heavy (non-hydrogen) atoms. The fourth-order valence-corrected chi connectivity index (χ4v) is 0.249. The Morgan fingerprint density at radius 1 is 1.38 bits per heavy atom. The van der Waals surface area contributed by atoms with Crippen molar-refractivity contribution in [1.29, 1.82) is 0 Å². The van der Waals surface area contributed by atoms with Crippen LogP contribution < -0.4 is 0 Å². The van der Waals surface area contributed by atoms with Gasteiger partial charge in [0, 0.05) is 0 Å². The Morgan fingerprint density at radius 2 is 2.12 bits per heavy atom. The van der Waals surface area contributed by atoms with Gasteiger partial charge in [0.25, 0.3) is 0 Å². The average Bonchev–Trinajstić information content (AvgIpc) is 1.69. The lowest BCUT2D eigenvalue weighted by Gasteiger charge is -1.78. The molecule has 0 aliphatic rings. The minimum atomic E-state index is 0. The fourth-order valence-electron chi connectivity index (χ4n) is 0.249. The molecule has 0 N–H and O–H groups in total. The maximum absolute atomic E-state index is 3.56. The summed E-state index contributed by atoms with van der Waals surface area (Å²) in [6.45, 7) is 1.81. The van der Waals surface area contributed by atoms with E-state index in [9.17, 15) is 0 Å². The molecule has 1 aromatic heterocycles. The molecule has 0 aliphatic carbocycles. The molecule has 0 aliphatic heterocycles. The van der Waals surface area contributed by atoms with E-state index in [1.54, 1.807) is 6.20 Å². The molecule has 0 fully saturated rings. The first kappa shape index (κ1) is 7.23. The van der Waals surface area contributed by atoms with Gasteiger partial charge in [-0.25, -0.2) is 0 Å². The molecule has 0 radical (unpaired) electrons. The Kier molecular flexibility index (Phi) is 2.95. The molecule has 0 amide bonds. The molecule has 0 saturated heterocycles. The number of aromatic nitrogens is 4. The van der Waals surface area contributed by atoms with Crippen molar-refractivity contribution in [2.24, 2.45) is 0 Å². The van der Waals surface area contributed by atoms with Crippen molar-refractivity contribution >= 4 is 12.4 Å². The molecule has 0 aromatic carbocycles. The van der Waals surface area contributed by atoms with E-state index < -0.39 is 0 Å². The lowest BCUT2D eigenvalue weighted by Crippen LogP contribution is -1.90. The van der Waals surface area contributed by atoms with Crippen LogP contribution in [-0.2, 0) is 0 Å². The molecule has 44 valence electrons. The van der Waals surface area contributed by atoms with Crippen LogP contribution in [0.1, 0.15) is 5.69 Å². The van der Waals surface area contributed by atoms with E-state index in [1.165, 1.54) is 0 Å². The van der Waals surface area contributed by atoms with Crippen molar-refractivity contribution in [1.82, 2.24) is 20.6 Å². The summed E-state index contributed by atoms with van der Waals surface area (Å²) in [5.74, 6) is 0. The van der Waals surface area contributed by atoms with Gasteiger partial charge in [-0.1, -0.05) is 0 Å². The van der Waals surface area contributed by atoms with Crippen molar-refractivity contribution in [3.8, 4) is 0 Å². The van der Waals surface area contributed by atoms with Crippen molar-refractivity contribution in [3.05, 3.63) is 11.9 Å². The van der Waals surface area contributed by atoms with Crippen LogP contribution in [-0.4, -0.2) is 20.6 Å². The van der Waals surface area contributed by atoms with Gasteiger partial charge in [0.05, 0.1) is 11.9 Å². The van der Waals surface area contributed by atoms with Crippen molar-refractivity contribution < 1.29 is 0 Å². The maximum atomic E-state index is 3.56. The Bertz CT molecular complexity index is 141. The van der Waals surface area contributed by atoms with Crippen LogP contribution in [0.5, 0.6) is 0 Å². The minimum absolute atomic E-state index is 0. The standard InChI is InChI=1S/C3H4N4.ClH/c1-3-2-4-6-7-5-3;/h2H,1H3;1H. The van der Waals surface area contributed by atoms with Gasteiger partial charge in [-0.05, 0) is 17.4 Å². The molecule has 0 unspecified atom stereocenters. The third-order valence-electron chi connectivity index (χ3n) is 0.539. The Labute approximate surface area is 52.7 Å². The number of hydrogen-bond donors (Lipinski definition) is 0. The Hall–Kier alpha value is -0.770. The van der Waals surface area contributed by atoms with Gasteiger partial charge in [0.2, 0.25) is 0 Å². The second-order valence-corrected chi connectivity index (χ2v) is 1.16. The Morgan fingerprint density at radius 3 is 2.38 bits per heavy atom.